The Morgan fingerprint density at radius 2 is 1.91 bits per heavy atom. The monoisotopic (exact) mass is 473 g/mol. The van der Waals surface area contributed by atoms with Gasteiger partial charge in [-0.1, -0.05) is 30.3 Å². The zero-order chi connectivity index (χ0) is 22.7. The van der Waals surface area contributed by atoms with Crippen LogP contribution in [0, 0.1) is 13.8 Å². The van der Waals surface area contributed by atoms with E-state index >= 15 is 0 Å². The molecule has 2 N–H and O–H groups in total. The molecular weight excluding hydrogens is 446 g/mol. The van der Waals surface area contributed by atoms with Crippen molar-refractivity contribution in [3.8, 4) is 0 Å². The number of amides is 1. The Morgan fingerprint density at radius 3 is 2.62 bits per heavy atom. The SMILES string of the molecule is Cc1nn(Cc2ccccc2)c(C)c1CNC(=O)c1cc(S(=O)(=O)N2CCSCC2)c[nH]1. The second-order valence-electron chi connectivity index (χ2n) is 7.74. The molecule has 1 saturated heterocycles. The molecule has 2 aromatic heterocycles. The number of nitrogens with one attached hydrogen (secondary N) is 2. The summed E-state index contributed by atoms with van der Waals surface area (Å²) < 4.78 is 29.0. The molecule has 0 spiro atoms. The average Bonchev–Trinajstić information content (AvgIpc) is 3.40. The lowest BCUT2D eigenvalue weighted by Gasteiger charge is -2.24. The van der Waals surface area contributed by atoms with Gasteiger partial charge in [-0.25, -0.2) is 8.42 Å². The Morgan fingerprint density at radius 1 is 1.19 bits per heavy atom. The molecule has 3 heterocycles. The molecule has 8 nitrogen and oxygen atoms in total. The van der Waals surface area contributed by atoms with E-state index in [0.29, 0.717) is 26.2 Å². The molecule has 4 rings (SSSR count). The minimum absolute atomic E-state index is 0.123. The molecular formula is C22H27N5O3S2. The summed E-state index contributed by atoms with van der Waals surface area (Å²) >= 11 is 1.74. The predicted molar refractivity (Wildman–Crippen MR) is 125 cm³/mol. The summed E-state index contributed by atoms with van der Waals surface area (Å²) in [7, 11) is -3.59. The van der Waals surface area contributed by atoms with Gasteiger partial charge in [0.2, 0.25) is 10.0 Å². The van der Waals surface area contributed by atoms with Crippen molar-refractivity contribution in [1.29, 1.82) is 0 Å². The quantitative estimate of drug-likeness (QED) is 0.549. The van der Waals surface area contributed by atoms with E-state index in [4.69, 9.17) is 0 Å². The molecule has 1 amide bonds. The highest BCUT2D eigenvalue weighted by Gasteiger charge is 2.27. The fraction of sp³-hybridized carbons (Fsp3) is 0.364. The standard InChI is InChI=1S/C22H27N5O3S2/c1-16-20(17(2)27(25-16)15-18-6-4-3-5-7-18)14-24-22(28)21-12-19(13-23-21)32(29,30)26-8-10-31-11-9-26/h3-7,12-13,23H,8-11,14-15H2,1-2H3,(H,24,28). The summed E-state index contributed by atoms with van der Waals surface area (Å²) in [6.07, 6.45) is 1.39. The second-order valence-corrected chi connectivity index (χ2v) is 10.9. The molecule has 1 aliphatic rings. The lowest BCUT2D eigenvalue weighted by molar-refractivity contribution is 0.0946. The van der Waals surface area contributed by atoms with E-state index in [1.165, 1.54) is 16.6 Å². The highest BCUT2D eigenvalue weighted by atomic mass is 32.2. The number of hydrogen-bond donors (Lipinski definition) is 2. The normalized spacial score (nSPS) is 15.1. The van der Waals surface area contributed by atoms with E-state index in [0.717, 1.165) is 34.0 Å². The van der Waals surface area contributed by atoms with Gasteiger partial charge in [-0.3, -0.25) is 9.48 Å². The van der Waals surface area contributed by atoms with Crippen molar-refractivity contribution in [2.75, 3.05) is 24.6 Å². The number of sulfonamides is 1. The molecule has 1 aliphatic heterocycles. The molecule has 0 radical (unpaired) electrons. The number of hydrogen-bond acceptors (Lipinski definition) is 5. The van der Waals surface area contributed by atoms with Crippen LogP contribution < -0.4 is 5.32 Å². The third-order valence-electron chi connectivity index (χ3n) is 5.64. The van der Waals surface area contributed by atoms with Gasteiger partial charge in [0, 0.05) is 48.6 Å². The van der Waals surface area contributed by atoms with E-state index < -0.39 is 10.0 Å². The number of benzene rings is 1. The van der Waals surface area contributed by atoms with Crippen LogP contribution in [-0.2, 0) is 23.1 Å². The molecule has 1 aromatic carbocycles. The van der Waals surface area contributed by atoms with Crippen LogP contribution in [0.1, 0.15) is 33.0 Å². The summed E-state index contributed by atoms with van der Waals surface area (Å²) in [5.41, 5.74) is 4.18. The minimum Gasteiger partial charge on any atom is -0.356 e. The van der Waals surface area contributed by atoms with Crippen LogP contribution >= 0.6 is 11.8 Å². The Balaban J connectivity index is 1.42. The number of aromatic nitrogens is 3. The lowest BCUT2D eigenvalue weighted by Crippen LogP contribution is -2.37. The van der Waals surface area contributed by atoms with Gasteiger partial charge in [0.15, 0.2) is 0 Å². The number of aryl methyl sites for hydroxylation is 1. The first kappa shape index (κ1) is 22.6. The molecule has 10 heteroatoms. The summed E-state index contributed by atoms with van der Waals surface area (Å²) in [5.74, 6) is 1.22. The van der Waals surface area contributed by atoms with Crippen molar-refractivity contribution in [3.63, 3.8) is 0 Å². The number of rotatable bonds is 7. The molecule has 0 bridgehead atoms. The van der Waals surface area contributed by atoms with E-state index in [1.54, 1.807) is 11.8 Å². The molecule has 0 aliphatic carbocycles. The Hall–Kier alpha value is -2.56. The van der Waals surface area contributed by atoms with Gasteiger partial charge in [0.25, 0.3) is 5.91 Å². The van der Waals surface area contributed by atoms with Crippen LogP contribution in [0.3, 0.4) is 0 Å². The molecule has 0 unspecified atom stereocenters. The van der Waals surface area contributed by atoms with Gasteiger partial charge < -0.3 is 10.3 Å². The maximum absolute atomic E-state index is 12.8. The van der Waals surface area contributed by atoms with Crippen molar-refractivity contribution in [1.82, 2.24) is 24.4 Å². The number of thioether (sulfide) groups is 1. The molecule has 0 saturated carbocycles. The number of aromatic amines is 1. The summed E-state index contributed by atoms with van der Waals surface area (Å²) in [6.45, 7) is 5.87. The van der Waals surface area contributed by atoms with Crippen molar-refractivity contribution in [2.45, 2.75) is 31.8 Å². The van der Waals surface area contributed by atoms with E-state index in [9.17, 15) is 13.2 Å². The first-order chi connectivity index (χ1) is 15.4. The highest BCUT2D eigenvalue weighted by Crippen LogP contribution is 2.21. The molecule has 0 atom stereocenters. The molecule has 170 valence electrons. The van der Waals surface area contributed by atoms with E-state index in [-0.39, 0.29) is 16.5 Å². The smallest absolute Gasteiger partial charge is 0.268 e. The van der Waals surface area contributed by atoms with Crippen LogP contribution in [0.25, 0.3) is 0 Å². The Labute approximate surface area is 192 Å². The van der Waals surface area contributed by atoms with Crippen LogP contribution in [0.2, 0.25) is 0 Å². The van der Waals surface area contributed by atoms with Crippen LogP contribution in [0.5, 0.6) is 0 Å². The average molecular weight is 474 g/mol. The van der Waals surface area contributed by atoms with Gasteiger partial charge in [0.05, 0.1) is 12.2 Å². The minimum atomic E-state index is -3.59. The maximum Gasteiger partial charge on any atom is 0.268 e. The van der Waals surface area contributed by atoms with E-state index in [2.05, 4.69) is 27.5 Å². The Kier molecular flexibility index (Phi) is 6.73. The third-order valence-corrected chi connectivity index (χ3v) is 8.46. The number of nitrogens with zero attached hydrogens (tertiary/aromatic N) is 3. The lowest BCUT2D eigenvalue weighted by atomic mass is 10.2. The van der Waals surface area contributed by atoms with Gasteiger partial charge in [0.1, 0.15) is 10.6 Å². The number of H-pyrrole nitrogens is 1. The molecule has 3 aromatic rings. The largest absolute Gasteiger partial charge is 0.356 e. The van der Waals surface area contributed by atoms with Crippen LogP contribution in [0.15, 0.2) is 47.5 Å². The molecule has 32 heavy (non-hydrogen) atoms. The fourth-order valence-electron chi connectivity index (χ4n) is 3.75. The molecule has 1 fully saturated rings. The number of carbonyl (C=O) groups is 1. The van der Waals surface area contributed by atoms with Crippen LogP contribution in [0.4, 0.5) is 0 Å². The summed E-state index contributed by atoms with van der Waals surface area (Å²) in [5, 5.41) is 7.50. The first-order valence-corrected chi connectivity index (χ1v) is 13.1. The van der Waals surface area contributed by atoms with Crippen LogP contribution in [-0.4, -0.2) is 58.0 Å². The highest BCUT2D eigenvalue weighted by molar-refractivity contribution is 7.99. The van der Waals surface area contributed by atoms with Gasteiger partial charge in [-0.2, -0.15) is 21.2 Å². The van der Waals surface area contributed by atoms with Gasteiger partial charge in [-0.15, -0.1) is 0 Å². The maximum atomic E-state index is 12.8. The van der Waals surface area contributed by atoms with E-state index in [1.807, 2.05) is 36.7 Å². The predicted octanol–water partition coefficient (Wildman–Crippen LogP) is 2.54. The van der Waals surface area contributed by atoms with Gasteiger partial charge >= 0.3 is 0 Å². The van der Waals surface area contributed by atoms with Crippen molar-refractivity contribution in [2.24, 2.45) is 0 Å². The summed E-state index contributed by atoms with van der Waals surface area (Å²) in [4.78, 5) is 15.6. The van der Waals surface area contributed by atoms with Crippen molar-refractivity contribution < 1.29 is 13.2 Å². The zero-order valence-electron chi connectivity index (χ0n) is 18.2. The second kappa shape index (κ2) is 9.51. The Bertz CT molecular complexity index is 1200. The zero-order valence-corrected chi connectivity index (χ0v) is 19.8. The topological polar surface area (TPSA) is 100 Å². The van der Waals surface area contributed by atoms with Crippen molar-refractivity contribution in [3.05, 3.63) is 70.8 Å². The fourth-order valence-corrected chi connectivity index (χ4v) is 6.32. The number of carbonyl (C=O) groups excluding carboxylic acids is 1. The third kappa shape index (κ3) is 4.77. The first-order valence-electron chi connectivity index (χ1n) is 10.5. The summed E-state index contributed by atoms with van der Waals surface area (Å²) in [6, 6.07) is 11.5. The van der Waals surface area contributed by atoms with Gasteiger partial charge in [-0.05, 0) is 25.5 Å². The van der Waals surface area contributed by atoms with Crippen molar-refractivity contribution >= 4 is 27.7 Å².